The molecular formula is C26H21F3N4O. The molecule has 0 radical (unpaired) electrons. The van der Waals surface area contributed by atoms with Crippen molar-refractivity contribution in [3.05, 3.63) is 113 Å². The number of amides is 1. The van der Waals surface area contributed by atoms with Crippen LogP contribution in [0.1, 0.15) is 38.3 Å². The van der Waals surface area contributed by atoms with Gasteiger partial charge in [0.05, 0.1) is 17.0 Å². The van der Waals surface area contributed by atoms with Crippen LogP contribution in [0.2, 0.25) is 0 Å². The fraction of sp³-hybridized carbons (Fsp3) is 0.154. The molecule has 172 valence electrons. The first-order valence-corrected chi connectivity index (χ1v) is 10.6. The number of nitrogens with one attached hydrogen (secondary N) is 1. The van der Waals surface area contributed by atoms with E-state index < -0.39 is 11.7 Å². The second-order valence-corrected chi connectivity index (χ2v) is 7.79. The maximum Gasteiger partial charge on any atom is 0.416 e. The SMILES string of the molecule is Cc1ccc(C(=O)NCc2cccc(C(F)(F)F)c2)cc1Cc1ncccc1-c1ccncn1. The average Bonchev–Trinajstić information content (AvgIpc) is 2.84. The summed E-state index contributed by atoms with van der Waals surface area (Å²) in [5.74, 6) is -0.365. The molecule has 34 heavy (non-hydrogen) atoms. The number of aromatic nitrogens is 3. The summed E-state index contributed by atoms with van der Waals surface area (Å²) in [6.07, 6.45) is 0.913. The van der Waals surface area contributed by atoms with Crippen LogP contribution in [-0.2, 0) is 19.1 Å². The maximum atomic E-state index is 12.9. The lowest BCUT2D eigenvalue weighted by molar-refractivity contribution is -0.137. The lowest BCUT2D eigenvalue weighted by atomic mass is 9.97. The molecule has 0 aliphatic heterocycles. The number of carbonyl (C=O) groups excluding carboxylic acids is 1. The van der Waals surface area contributed by atoms with Gasteiger partial charge >= 0.3 is 6.18 Å². The van der Waals surface area contributed by atoms with Crippen LogP contribution in [-0.4, -0.2) is 20.9 Å². The van der Waals surface area contributed by atoms with Crippen LogP contribution < -0.4 is 5.32 Å². The quantitative estimate of drug-likeness (QED) is 0.417. The summed E-state index contributed by atoms with van der Waals surface area (Å²) >= 11 is 0. The number of pyridine rings is 1. The molecule has 0 fully saturated rings. The van der Waals surface area contributed by atoms with Gasteiger partial charge in [0.25, 0.3) is 5.91 Å². The van der Waals surface area contributed by atoms with Gasteiger partial charge in [-0.1, -0.05) is 18.2 Å². The second-order valence-electron chi connectivity index (χ2n) is 7.79. The Hall–Kier alpha value is -4.07. The van der Waals surface area contributed by atoms with Crippen molar-refractivity contribution in [2.24, 2.45) is 0 Å². The van der Waals surface area contributed by atoms with Crippen LogP contribution in [0.4, 0.5) is 13.2 Å². The monoisotopic (exact) mass is 462 g/mol. The summed E-state index contributed by atoms with van der Waals surface area (Å²) in [6.45, 7) is 1.94. The zero-order valence-corrected chi connectivity index (χ0v) is 18.3. The van der Waals surface area contributed by atoms with Gasteiger partial charge in [-0.3, -0.25) is 9.78 Å². The third kappa shape index (κ3) is 5.46. The molecule has 2 aromatic carbocycles. The maximum absolute atomic E-state index is 12.9. The first kappa shape index (κ1) is 23.1. The first-order valence-electron chi connectivity index (χ1n) is 10.6. The number of benzene rings is 2. The molecule has 4 rings (SSSR count). The molecule has 0 saturated heterocycles. The van der Waals surface area contributed by atoms with Gasteiger partial charge in [0.2, 0.25) is 0 Å². The number of hydrogen-bond acceptors (Lipinski definition) is 4. The lowest BCUT2D eigenvalue weighted by Crippen LogP contribution is -2.23. The number of nitrogens with zero attached hydrogens (tertiary/aromatic N) is 3. The molecule has 2 heterocycles. The summed E-state index contributed by atoms with van der Waals surface area (Å²) in [5.41, 5.74) is 4.41. The molecule has 0 saturated carbocycles. The Kier molecular flexibility index (Phi) is 6.67. The van der Waals surface area contributed by atoms with E-state index in [2.05, 4.69) is 20.3 Å². The predicted molar refractivity (Wildman–Crippen MR) is 122 cm³/mol. The largest absolute Gasteiger partial charge is 0.416 e. The Labute approximate surface area is 194 Å². The van der Waals surface area contributed by atoms with Gasteiger partial charge in [-0.2, -0.15) is 13.2 Å². The zero-order valence-electron chi connectivity index (χ0n) is 18.3. The highest BCUT2D eigenvalue weighted by molar-refractivity contribution is 5.94. The molecule has 4 aromatic rings. The minimum Gasteiger partial charge on any atom is -0.348 e. The van der Waals surface area contributed by atoms with E-state index in [9.17, 15) is 18.0 Å². The van der Waals surface area contributed by atoms with Crippen molar-refractivity contribution in [1.29, 1.82) is 0 Å². The van der Waals surface area contributed by atoms with E-state index >= 15 is 0 Å². The summed E-state index contributed by atoms with van der Waals surface area (Å²) < 4.78 is 38.8. The van der Waals surface area contributed by atoms with Crippen molar-refractivity contribution in [1.82, 2.24) is 20.3 Å². The Balaban J connectivity index is 1.52. The topological polar surface area (TPSA) is 67.8 Å². The molecule has 0 atom stereocenters. The highest BCUT2D eigenvalue weighted by Gasteiger charge is 2.30. The highest BCUT2D eigenvalue weighted by atomic mass is 19.4. The van der Waals surface area contributed by atoms with Gasteiger partial charge in [0.15, 0.2) is 0 Å². The molecule has 0 aliphatic rings. The van der Waals surface area contributed by atoms with Crippen LogP contribution in [0.25, 0.3) is 11.3 Å². The molecule has 0 spiro atoms. The fourth-order valence-electron chi connectivity index (χ4n) is 3.59. The van der Waals surface area contributed by atoms with E-state index in [0.717, 1.165) is 40.2 Å². The Morgan fingerprint density at radius 3 is 2.59 bits per heavy atom. The molecule has 0 aliphatic carbocycles. The number of alkyl halides is 3. The molecule has 0 bridgehead atoms. The standard InChI is InChI=1S/C26H21F3N4O/c1-17-7-8-19(25(34)32-15-18-4-2-5-21(12-18)26(27,28)29)13-20(17)14-24-22(6-3-10-31-24)23-9-11-30-16-33-23/h2-13,16H,14-15H2,1H3,(H,32,34). The van der Waals surface area contributed by atoms with Crippen LogP contribution in [0, 0.1) is 6.92 Å². The molecule has 5 nitrogen and oxygen atoms in total. The van der Waals surface area contributed by atoms with E-state index in [1.165, 1.54) is 12.4 Å². The van der Waals surface area contributed by atoms with Gasteiger partial charge in [0, 0.05) is 36.5 Å². The van der Waals surface area contributed by atoms with Gasteiger partial charge in [-0.25, -0.2) is 9.97 Å². The van der Waals surface area contributed by atoms with E-state index in [4.69, 9.17) is 0 Å². The van der Waals surface area contributed by atoms with E-state index in [0.29, 0.717) is 17.5 Å². The van der Waals surface area contributed by atoms with Crippen molar-refractivity contribution < 1.29 is 18.0 Å². The Bertz CT molecular complexity index is 1310. The van der Waals surface area contributed by atoms with Gasteiger partial charge in [0.1, 0.15) is 6.33 Å². The molecule has 2 aromatic heterocycles. The van der Waals surface area contributed by atoms with Gasteiger partial charge in [-0.15, -0.1) is 0 Å². The molecule has 1 N–H and O–H groups in total. The van der Waals surface area contributed by atoms with Crippen LogP contribution in [0.15, 0.2) is 79.4 Å². The Morgan fingerprint density at radius 2 is 1.82 bits per heavy atom. The van der Waals surface area contributed by atoms with Crippen LogP contribution in [0.5, 0.6) is 0 Å². The van der Waals surface area contributed by atoms with Crippen molar-refractivity contribution in [2.45, 2.75) is 26.1 Å². The minimum absolute atomic E-state index is 0.00986. The number of carbonyl (C=O) groups is 1. The van der Waals surface area contributed by atoms with Crippen molar-refractivity contribution in [3.8, 4) is 11.3 Å². The Morgan fingerprint density at radius 1 is 0.971 bits per heavy atom. The lowest BCUT2D eigenvalue weighted by Gasteiger charge is -2.12. The van der Waals surface area contributed by atoms with E-state index in [1.54, 1.807) is 30.6 Å². The second kappa shape index (κ2) is 9.82. The third-order valence-corrected chi connectivity index (χ3v) is 5.42. The van der Waals surface area contributed by atoms with Gasteiger partial charge < -0.3 is 5.32 Å². The number of halogens is 3. The van der Waals surface area contributed by atoms with Crippen LogP contribution in [0.3, 0.4) is 0 Å². The van der Waals surface area contributed by atoms with Crippen molar-refractivity contribution in [2.75, 3.05) is 0 Å². The zero-order chi connectivity index (χ0) is 24.1. The van der Waals surface area contributed by atoms with Gasteiger partial charge in [-0.05, 0) is 66.1 Å². The number of hydrogen-bond donors (Lipinski definition) is 1. The highest BCUT2D eigenvalue weighted by Crippen LogP contribution is 2.29. The molecular weight excluding hydrogens is 441 g/mol. The fourth-order valence-corrected chi connectivity index (χ4v) is 3.59. The van der Waals surface area contributed by atoms with E-state index in [1.807, 2.05) is 31.2 Å². The van der Waals surface area contributed by atoms with Crippen LogP contribution >= 0.6 is 0 Å². The first-order chi connectivity index (χ1) is 16.3. The summed E-state index contributed by atoms with van der Waals surface area (Å²) in [6, 6.07) is 15.8. The molecule has 8 heteroatoms. The smallest absolute Gasteiger partial charge is 0.348 e. The molecule has 0 unspecified atom stereocenters. The van der Waals surface area contributed by atoms with E-state index in [-0.39, 0.29) is 12.5 Å². The predicted octanol–water partition coefficient (Wildman–Crippen LogP) is 5.39. The summed E-state index contributed by atoms with van der Waals surface area (Å²) in [4.78, 5) is 25.5. The average molecular weight is 462 g/mol. The minimum atomic E-state index is -4.43. The number of rotatable bonds is 6. The summed E-state index contributed by atoms with van der Waals surface area (Å²) in [5, 5.41) is 2.70. The third-order valence-electron chi connectivity index (χ3n) is 5.42. The van der Waals surface area contributed by atoms with Crippen molar-refractivity contribution >= 4 is 5.91 Å². The number of aryl methyl sites for hydroxylation is 1. The van der Waals surface area contributed by atoms with Crippen molar-refractivity contribution in [3.63, 3.8) is 0 Å². The summed E-state index contributed by atoms with van der Waals surface area (Å²) in [7, 11) is 0. The normalized spacial score (nSPS) is 11.3. The molecule has 1 amide bonds.